The molecule has 0 bridgehead atoms. The van der Waals surface area contributed by atoms with Crippen LogP contribution in [0.1, 0.15) is 51.0 Å². The molecule has 1 saturated heterocycles. The minimum absolute atomic E-state index is 0.0134. The summed E-state index contributed by atoms with van der Waals surface area (Å²) >= 11 is 0. The third-order valence-electron chi connectivity index (χ3n) is 6.33. The van der Waals surface area contributed by atoms with Crippen molar-refractivity contribution in [1.82, 2.24) is 0 Å². The van der Waals surface area contributed by atoms with E-state index in [1.807, 2.05) is 24.3 Å². The zero-order valence-corrected chi connectivity index (χ0v) is 21.5. The van der Waals surface area contributed by atoms with Crippen molar-refractivity contribution in [3.05, 3.63) is 53.8 Å². The van der Waals surface area contributed by atoms with E-state index in [4.69, 9.17) is 18.9 Å². The van der Waals surface area contributed by atoms with E-state index >= 15 is 0 Å². The SMILES string of the molecule is CCC1(COCCCCCCOc2ccc(CCC(=O)Oc3ccc(OC(F)(F)F)c(F)c3)cc2)COC1. The monoisotopic (exact) mass is 542 g/mol. The summed E-state index contributed by atoms with van der Waals surface area (Å²) in [6.07, 6.45) is 0.600. The minimum atomic E-state index is -5.01. The maximum atomic E-state index is 13.7. The molecular formula is C28H34F4O6. The summed E-state index contributed by atoms with van der Waals surface area (Å²) < 4.78 is 75.8. The summed E-state index contributed by atoms with van der Waals surface area (Å²) in [7, 11) is 0. The van der Waals surface area contributed by atoms with E-state index in [0.29, 0.717) is 19.1 Å². The van der Waals surface area contributed by atoms with Crippen LogP contribution in [0, 0.1) is 11.2 Å². The van der Waals surface area contributed by atoms with Gasteiger partial charge in [-0.1, -0.05) is 25.5 Å². The quantitative estimate of drug-likeness (QED) is 0.103. The van der Waals surface area contributed by atoms with Crippen molar-refractivity contribution in [2.45, 2.75) is 58.2 Å². The molecule has 1 heterocycles. The molecule has 2 aromatic carbocycles. The molecule has 2 aromatic rings. The van der Waals surface area contributed by atoms with Crippen LogP contribution in [0.25, 0.3) is 0 Å². The highest BCUT2D eigenvalue weighted by Gasteiger charge is 2.36. The number of hydrogen-bond acceptors (Lipinski definition) is 6. The fourth-order valence-electron chi connectivity index (χ4n) is 3.85. The van der Waals surface area contributed by atoms with Gasteiger partial charge in [-0.25, -0.2) is 4.39 Å². The van der Waals surface area contributed by atoms with Crippen LogP contribution >= 0.6 is 0 Å². The summed E-state index contributed by atoms with van der Waals surface area (Å²) in [4.78, 5) is 12.0. The molecule has 0 spiro atoms. The lowest BCUT2D eigenvalue weighted by Crippen LogP contribution is -2.45. The summed E-state index contributed by atoms with van der Waals surface area (Å²) in [6, 6.07) is 9.82. The lowest BCUT2D eigenvalue weighted by Gasteiger charge is -2.40. The fraction of sp³-hybridized carbons (Fsp3) is 0.536. The van der Waals surface area contributed by atoms with Gasteiger partial charge in [0.1, 0.15) is 11.5 Å². The molecule has 0 saturated carbocycles. The molecule has 6 nitrogen and oxygen atoms in total. The Hall–Kier alpha value is -2.85. The molecule has 3 rings (SSSR count). The number of carbonyl (C=O) groups is 1. The zero-order chi connectivity index (χ0) is 27.4. The van der Waals surface area contributed by atoms with Gasteiger partial charge in [0.05, 0.1) is 26.4 Å². The number of halogens is 4. The number of alkyl halides is 3. The van der Waals surface area contributed by atoms with Crippen LogP contribution in [0.15, 0.2) is 42.5 Å². The summed E-state index contributed by atoms with van der Waals surface area (Å²) in [5.41, 5.74) is 1.12. The van der Waals surface area contributed by atoms with Gasteiger partial charge < -0.3 is 23.7 Å². The Bertz CT molecular complexity index is 1000. The Morgan fingerprint density at radius 1 is 0.974 bits per heavy atom. The van der Waals surface area contributed by atoms with E-state index in [0.717, 1.165) is 82.0 Å². The summed E-state index contributed by atoms with van der Waals surface area (Å²) in [6.45, 7) is 5.96. The molecule has 0 unspecified atom stereocenters. The number of carbonyl (C=O) groups excluding carboxylic acids is 1. The first-order valence-electron chi connectivity index (χ1n) is 12.8. The Morgan fingerprint density at radius 2 is 1.66 bits per heavy atom. The van der Waals surface area contributed by atoms with Crippen LogP contribution in [0.2, 0.25) is 0 Å². The molecule has 0 aromatic heterocycles. The minimum Gasteiger partial charge on any atom is -0.494 e. The third-order valence-corrected chi connectivity index (χ3v) is 6.33. The maximum Gasteiger partial charge on any atom is 0.573 e. The van der Waals surface area contributed by atoms with Crippen LogP contribution in [0.5, 0.6) is 17.2 Å². The van der Waals surface area contributed by atoms with Crippen molar-refractivity contribution in [3.63, 3.8) is 0 Å². The second-order valence-corrected chi connectivity index (χ2v) is 9.42. The van der Waals surface area contributed by atoms with Crippen LogP contribution < -0.4 is 14.2 Å². The normalized spacial score (nSPS) is 14.6. The number of rotatable bonds is 16. The van der Waals surface area contributed by atoms with Gasteiger partial charge in [0.15, 0.2) is 11.6 Å². The average Bonchev–Trinajstić information content (AvgIpc) is 2.85. The summed E-state index contributed by atoms with van der Waals surface area (Å²) in [5.74, 6) is -2.38. The zero-order valence-electron chi connectivity index (χ0n) is 21.5. The molecule has 1 fully saturated rings. The van der Waals surface area contributed by atoms with Gasteiger partial charge in [-0.15, -0.1) is 13.2 Å². The fourth-order valence-corrected chi connectivity index (χ4v) is 3.85. The van der Waals surface area contributed by atoms with Crippen molar-refractivity contribution in [1.29, 1.82) is 0 Å². The highest BCUT2D eigenvalue weighted by Crippen LogP contribution is 2.31. The second kappa shape index (κ2) is 14.3. The number of esters is 1. The molecule has 0 aliphatic carbocycles. The van der Waals surface area contributed by atoms with Gasteiger partial charge in [-0.05, 0) is 61.9 Å². The van der Waals surface area contributed by atoms with Crippen LogP contribution in [-0.2, 0) is 20.7 Å². The largest absolute Gasteiger partial charge is 0.573 e. The van der Waals surface area contributed by atoms with Gasteiger partial charge in [0.25, 0.3) is 0 Å². The molecular weight excluding hydrogens is 508 g/mol. The highest BCUT2D eigenvalue weighted by atomic mass is 19.4. The Kier molecular flexibility index (Phi) is 11.2. The number of benzene rings is 2. The van der Waals surface area contributed by atoms with Gasteiger partial charge in [-0.3, -0.25) is 4.79 Å². The molecule has 0 N–H and O–H groups in total. The van der Waals surface area contributed by atoms with E-state index in [2.05, 4.69) is 11.7 Å². The summed E-state index contributed by atoms with van der Waals surface area (Å²) in [5, 5.41) is 0. The first kappa shape index (κ1) is 29.7. The first-order valence-corrected chi connectivity index (χ1v) is 12.8. The predicted octanol–water partition coefficient (Wildman–Crippen LogP) is 6.64. The van der Waals surface area contributed by atoms with Crippen molar-refractivity contribution < 1.29 is 46.0 Å². The van der Waals surface area contributed by atoms with Gasteiger partial charge in [-0.2, -0.15) is 0 Å². The van der Waals surface area contributed by atoms with Crippen LogP contribution in [-0.4, -0.2) is 45.4 Å². The topological polar surface area (TPSA) is 63.2 Å². The predicted molar refractivity (Wildman–Crippen MR) is 132 cm³/mol. The molecule has 210 valence electrons. The number of aryl methyl sites for hydroxylation is 1. The Labute approximate surface area is 220 Å². The Morgan fingerprint density at radius 3 is 2.26 bits per heavy atom. The van der Waals surface area contributed by atoms with E-state index in [1.54, 1.807) is 0 Å². The van der Waals surface area contributed by atoms with E-state index in [-0.39, 0.29) is 17.6 Å². The van der Waals surface area contributed by atoms with Gasteiger partial charge >= 0.3 is 12.3 Å². The van der Waals surface area contributed by atoms with Crippen molar-refractivity contribution in [2.24, 2.45) is 5.41 Å². The third kappa shape index (κ3) is 10.1. The standard InChI is InChI=1S/C28H34F4O6/c1-2-27(19-35-20-27)18-34-15-5-3-4-6-16-36-22-10-7-21(8-11-22)9-14-26(33)37-23-12-13-25(24(29)17-23)38-28(30,31)32/h7-8,10-13,17H,2-6,9,14-16,18-20H2,1H3. The second-order valence-electron chi connectivity index (χ2n) is 9.42. The van der Waals surface area contributed by atoms with Crippen LogP contribution in [0.4, 0.5) is 17.6 Å². The van der Waals surface area contributed by atoms with E-state index < -0.39 is 23.9 Å². The number of ether oxygens (including phenoxy) is 5. The lowest BCUT2D eigenvalue weighted by molar-refractivity contribution is -0.275. The van der Waals surface area contributed by atoms with Gasteiger partial charge in [0.2, 0.25) is 0 Å². The highest BCUT2D eigenvalue weighted by molar-refractivity contribution is 5.72. The number of hydrogen-bond donors (Lipinski definition) is 0. The molecule has 0 amide bonds. The molecule has 0 radical (unpaired) electrons. The van der Waals surface area contributed by atoms with E-state index in [9.17, 15) is 22.4 Å². The average molecular weight is 543 g/mol. The first-order chi connectivity index (χ1) is 18.2. The molecule has 38 heavy (non-hydrogen) atoms. The van der Waals surface area contributed by atoms with E-state index in [1.165, 1.54) is 0 Å². The van der Waals surface area contributed by atoms with Crippen molar-refractivity contribution >= 4 is 5.97 Å². The molecule has 0 atom stereocenters. The smallest absolute Gasteiger partial charge is 0.494 e. The van der Waals surface area contributed by atoms with Crippen molar-refractivity contribution in [3.8, 4) is 17.2 Å². The van der Waals surface area contributed by atoms with Gasteiger partial charge in [0, 0.05) is 24.5 Å². The molecule has 10 heteroatoms. The lowest BCUT2D eigenvalue weighted by atomic mass is 9.84. The van der Waals surface area contributed by atoms with Crippen molar-refractivity contribution in [2.75, 3.05) is 33.0 Å². The molecule has 1 aliphatic heterocycles. The number of unbranched alkanes of at least 4 members (excludes halogenated alkanes) is 3. The molecule has 1 aliphatic rings. The Balaban J connectivity index is 1.25. The van der Waals surface area contributed by atoms with Crippen LogP contribution in [0.3, 0.4) is 0 Å². The maximum absolute atomic E-state index is 13.7.